The lowest BCUT2D eigenvalue weighted by atomic mass is 9.83. The topological polar surface area (TPSA) is 17.1 Å². The van der Waals surface area contributed by atoms with Crippen molar-refractivity contribution >= 4 is 20.3 Å². The molecule has 0 heterocycles. The van der Waals surface area contributed by atoms with Crippen molar-refractivity contribution < 1.29 is 4.79 Å². The maximum Gasteiger partial charge on any atom is 0.140 e. The zero-order valence-corrected chi connectivity index (χ0v) is 15.8. The number of ketones is 1. The van der Waals surface area contributed by atoms with Crippen LogP contribution in [0.2, 0.25) is 0 Å². The molecule has 0 amide bonds. The summed E-state index contributed by atoms with van der Waals surface area (Å²) >= 11 is 0. The van der Waals surface area contributed by atoms with Gasteiger partial charge in [0.15, 0.2) is 0 Å². The van der Waals surface area contributed by atoms with E-state index in [-0.39, 0.29) is 5.92 Å². The zero-order chi connectivity index (χ0) is 16.3. The molecule has 2 atom stereocenters. The Bertz CT molecular complexity index is 471. The van der Waals surface area contributed by atoms with E-state index in [1.807, 2.05) is 0 Å². The van der Waals surface area contributed by atoms with Gasteiger partial charge in [-0.2, -0.15) is 0 Å². The van der Waals surface area contributed by atoms with Crippen LogP contribution < -0.4 is 5.30 Å². The van der Waals surface area contributed by atoms with Crippen LogP contribution >= 0.6 is 9.24 Å². The lowest BCUT2D eigenvalue weighted by Crippen LogP contribution is -2.21. The van der Waals surface area contributed by atoms with Crippen LogP contribution in [0.25, 0.3) is 0 Å². The zero-order valence-electron chi connectivity index (χ0n) is 14.7. The average molecular weight is 306 g/mol. The number of Topliss-reactive ketones (excluding diaryl/α,β-unsaturated/α-hetero) is 1. The molecule has 0 aliphatic carbocycles. The van der Waals surface area contributed by atoms with Crippen molar-refractivity contribution in [2.24, 2.45) is 11.8 Å². The molecular formula is C19H31OP. The molecule has 0 saturated heterocycles. The molecule has 2 heteroatoms. The van der Waals surface area contributed by atoms with Crippen LogP contribution in [0, 0.1) is 11.8 Å². The van der Waals surface area contributed by atoms with Crippen molar-refractivity contribution in [3.63, 3.8) is 0 Å². The van der Waals surface area contributed by atoms with E-state index in [0.717, 1.165) is 0 Å². The summed E-state index contributed by atoms with van der Waals surface area (Å²) in [6.45, 7) is 15.2. The highest BCUT2D eigenvalue weighted by Gasteiger charge is 2.22. The Morgan fingerprint density at radius 2 is 1.38 bits per heavy atom. The van der Waals surface area contributed by atoms with Gasteiger partial charge in [0.05, 0.1) is 0 Å². The van der Waals surface area contributed by atoms with Crippen LogP contribution in [-0.2, 0) is 11.2 Å². The van der Waals surface area contributed by atoms with E-state index in [0.29, 0.717) is 30.0 Å². The van der Waals surface area contributed by atoms with Gasteiger partial charge < -0.3 is 0 Å². The summed E-state index contributed by atoms with van der Waals surface area (Å²) in [5, 5.41) is 1.22. The van der Waals surface area contributed by atoms with Crippen molar-refractivity contribution in [3.05, 3.63) is 28.8 Å². The van der Waals surface area contributed by atoms with E-state index in [1.54, 1.807) is 0 Å². The Kier molecular flexibility index (Phi) is 6.60. The summed E-state index contributed by atoms with van der Waals surface area (Å²) in [5.74, 6) is 1.79. The van der Waals surface area contributed by atoms with Gasteiger partial charge in [-0.25, -0.2) is 0 Å². The maximum atomic E-state index is 12.6. The molecule has 118 valence electrons. The molecule has 2 unspecified atom stereocenters. The quantitative estimate of drug-likeness (QED) is 0.687. The smallest absolute Gasteiger partial charge is 0.140 e. The number of hydrogen-bond acceptors (Lipinski definition) is 1. The first-order valence-corrected chi connectivity index (χ1v) is 8.67. The standard InChI is InChI=1S/C19H31OP/c1-11(2)14(7)19(20)10-18-16(12(3)4)8-15(21)9-17(18)13(5)6/h8-9,11-14H,10,21H2,1-7H3. The van der Waals surface area contributed by atoms with Gasteiger partial charge in [-0.05, 0) is 39.7 Å². The predicted octanol–water partition coefficient (Wildman–Crippen LogP) is 4.84. The Morgan fingerprint density at radius 1 is 0.952 bits per heavy atom. The summed E-state index contributed by atoms with van der Waals surface area (Å²) in [7, 11) is 2.80. The molecule has 0 bridgehead atoms. The van der Waals surface area contributed by atoms with E-state index < -0.39 is 0 Å². The third-order valence-corrected chi connectivity index (χ3v) is 4.78. The van der Waals surface area contributed by atoms with Gasteiger partial charge in [-0.1, -0.05) is 60.6 Å². The molecule has 0 saturated carbocycles. The number of rotatable bonds is 6. The van der Waals surface area contributed by atoms with Gasteiger partial charge in [0, 0.05) is 12.3 Å². The minimum atomic E-state index is 0.126. The molecular weight excluding hydrogens is 275 g/mol. The molecule has 0 radical (unpaired) electrons. The van der Waals surface area contributed by atoms with Gasteiger partial charge >= 0.3 is 0 Å². The molecule has 0 aliphatic rings. The molecule has 1 rings (SSSR count). The van der Waals surface area contributed by atoms with Gasteiger partial charge in [-0.3, -0.25) is 4.79 Å². The second-order valence-corrected chi connectivity index (χ2v) is 7.83. The van der Waals surface area contributed by atoms with Crippen LogP contribution in [0.4, 0.5) is 0 Å². The van der Waals surface area contributed by atoms with E-state index in [2.05, 4.69) is 69.8 Å². The first-order valence-electron chi connectivity index (χ1n) is 8.10. The van der Waals surface area contributed by atoms with Gasteiger partial charge in [0.25, 0.3) is 0 Å². The summed E-state index contributed by atoms with van der Waals surface area (Å²) in [6.07, 6.45) is 0.575. The molecule has 1 aromatic rings. The lowest BCUT2D eigenvalue weighted by molar-refractivity contribution is -0.122. The number of carbonyl (C=O) groups excluding carboxylic acids is 1. The van der Waals surface area contributed by atoms with Crippen molar-refractivity contribution in [3.8, 4) is 0 Å². The van der Waals surface area contributed by atoms with Crippen LogP contribution in [0.15, 0.2) is 12.1 Å². The fourth-order valence-electron chi connectivity index (χ4n) is 2.68. The van der Waals surface area contributed by atoms with Crippen molar-refractivity contribution in [2.75, 3.05) is 0 Å². The van der Waals surface area contributed by atoms with Crippen LogP contribution in [0.3, 0.4) is 0 Å². The summed E-state index contributed by atoms with van der Waals surface area (Å²) in [4.78, 5) is 12.6. The first-order chi connectivity index (χ1) is 9.65. The Labute approximate surface area is 133 Å². The fourth-order valence-corrected chi connectivity index (χ4v) is 3.04. The van der Waals surface area contributed by atoms with Crippen molar-refractivity contribution in [1.82, 2.24) is 0 Å². The van der Waals surface area contributed by atoms with Crippen LogP contribution in [0.1, 0.15) is 77.0 Å². The Morgan fingerprint density at radius 3 is 1.71 bits per heavy atom. The molecule has 1 nitrogen and oxygen atoms in total. The predicted molar refractivity (Wildman–Crippen MR) is 96.7 cm³/mol. The third-order valence-electron chi connectivity index (χ3n) is 4.44. The van der Waals surface area contributed by atoms with Gasteiger partial charge in [0.1, 0.15) is 5.78 Å². The number of carbonyl (C=O) groups is 1. The van der Waals surface area contributed by atoms with Crippen LogP contribution in [-0.4, -0.2) is 5.78 Å². The van der Waals surface area contributed by atoms with Gasteiger partial charge in [0.2, 0.25) is 0 Å². The molecule has 0 fully saturated rings. The van der Waals surface area contributed by atoms with E-state index in [9.17, 15) is 4.79 Å². The van der Waals surface area contributed by atoms with Crippen molar-refractivity contribution in [2.45, 2.75) is 66.7 Å². The molecule has 21 heavy (non-hydrogen) atoms. The van der Waals surface area contributed by atoms with Gasteiger partial charge in [-0.15, -0.1) is 9.24 Å². The maximum absolute atomic E-state index is 12.6. The van der Waals surface area contributed by atoms with Crippen LogP contribution in [0.5, 0.6) is 0 Å². The normalized spacial score (nSPS) is 13.3. The van der Waals surface area contributed by atoms with E-state index in [4.69, 9.17) is 0 Å². The summed E-state index contributed by atoms with van der Waals surface area (Å²) < 4.78 is 0. The highest BCUT2D eigenvalue weighted by molar-refractivity contribution is 7.27. The molecule has 1 aromatic carbocycles. The summed E-state index contributed by atoms with van der Waals surface area (Å²) in [5.41, 5.74) is 3.93. The number of benzene rings is 1. The second kappa shape index (κ2) is 7.54. The number of hydrogen-bond donors (Lipinski definition) is 0. The van der Waals surface area contributed by atoms with E-state index >= 15 is 0 Å². The monoisotopic (exact) mass is 306 g/mol. The Balaban J connectivity index is 3.28. The minimum absolute atomic E-state index is 0.126. The third kappa shape index (κ3) is 4.65. The SMILES string of the molecule is CC(C)c1cc(P)cc(C(C)C)c1CC(=O)C(C)C(C)C. The molecule has 0 N–H and O–H groups in total. The summed E-state index contributed by atoms with van der Waals surface area (Å²) in [6, 6.07) is 4.45. The molecule has 0 spiro atoms. The highest BCUT2D eigenvalue weighted by Crippen LogP contribution is 2.29. The second-order valence-electron chi connectivity index (χ2n) is 7.16. The molecule has 0 aliphatic heterocycles. The van der Waals surface area contributed by atoms with E-state index in [1.165, 1.54) is 22.0 Å². The molecule has 0 aromatic heterocycles. The largest absolute Gasteiger partial charge is 0.299 e. The first kappa shape index (κ1) is 18.4. The highest BCUT2D eigenvalue weighted by atomic mass is 31.0. The fraction of sp³-hybridized carbons (Fsp3) is 0.632. The average Bonchev–Trinajstić information content (AvgIpc) is 2.38. The lowest BCUT2D eigenvalue weighted by Gasteiger charge is -2.22. The minimum Gasteiger partial charge on any atom is -0.299 e. The van der Waals surface area contributed by atoms with Crippen molar-refractivity contribution in [1.29, 1.82) is 0 Å². The Hall–Kier alpha value is -0.680.